The molecule has 2 aromatic rings. The Bertz CT molecular complexity index is 954. The van der Waals surface area contributed by atoms with Crippen LogP contribution in [0.2, 0.25) is 0 Å². The van der Waals surface area contributed by atoms with Crippen LogP contribution in [0.1, 0.15) is 29.8 Å². The quantitative estimate of drug-likeness (QED) is 0.379. The van der Waals surface area contributed by atoms with Crippen LogP contribution in [-0.4, -0.2) is 44.1 Å². The van der Waals surface area contributed by atoms with Crippen molar-refractivity contribution in [1.29, 1.82) is 0 Å². The number of benzene rings is 1. The van der Waals surface area contributed by atoms with Gasteiger partial charge in [-0.1, -0.05) is 18.2 Å². The molecule has 1 amide bonds. The number of halogens is 1. The minimum absolute atomic E-state index is 0.0134. The number of amides is 1. The molecule has 0 saturated heterocycles. The lowest BCUT2D eigenvalue weighted by Gasteiger charge is -2.22. The van der Waals surface area contributed by atoms with E-state index in [1.54, 1.807) is 18.2 Å². The van der Waals surface area contributed by atoms with E-state index in [9.17, 15) is 24.1 Å². The zero-order valence-corrected chi connectivity index (χ0v) is 16.1. The molecule has 1 aliphatic rings. The van der Waals surface area contributed by atoms with E-state index < -0.39 is 29.2 Å². The first kappa shape index (κ1) is 20.4. The Morgan fingerprint density at radius 3 is 2.62 bits per heavy atom. The molecule has 1 saturated carbocycles. The van der Waals surface area contributed by atoms with E-state index in [0.29, 0.717) is 5.56 Å². The van der Waals surface area contributed by atoms with E-state index in [1.807, 2.05) is 0 Å². The van der Waals surface area contributed by atoms with E-state index in [0.717, 1.165) is 12.8 Å². The molecule has 0 unspecified atom stereocenters. The summed E-state index contributed by atoms with van der Waals surface area (Å²) in [5.74, 6) is -1.54. The molecular weight excluding hydrogens is 383 g/mol. The van der Waals surface area contributed by atoms with E-state index >= 15 is 0 Å². The zero-order valence-electron chi connectivity index (χ0n) is 16.1. The first-order chi connectivity index (χ1) is 13.8. The van der Waals surface area contributed by atoms with E-state index in [-0.39, 0.29) is 36.2 Å². The smallest absolute Gasteiger partial charge is 0.328 e. The van der Waals surface area contributed by atoms with Crippen LogP contribution in [0.5, 0.6) is 0 Å². The number of aryl methyl sites for hydroxylation is 1. The van der Waals surface area contributed by atoms with Gasteiger partial charge in [0, 0.05) is 18.2 Å². The fourth-order valence-corrected chi connectivity index (χ4v) is 3.12. The lowest BCUT2D eigenvalue weighted by molar-refractivity contribution is -0.386. The first-order valence-electron chi connectivity index (χ1n) is 9.14. The molecule has 0 radical (unpaired) electrons. The van der Waals surface area contributed by atoms with E-state index in [1.165, 1.54) is 29.5 Å². The highest BCUT2D eigenvalue weighted by Crippen LogP contribution is 2.29. The predicted molar refractivity (Wildman–Crippen MR) is 99.3 cm³/mol. The number of ether oxygens (including phenoxy) is 1. The van der Waals surface area contributed by atoms with Crippen LogP contribution in [-0.2, 0) is 27.4 Å². The molecule has 0 spiro atoms. The van der Waals surface area contributed by atoms with Gasteiger partial charge in [0.1, 0.15) is 23.7 Å². The lowest BCUT2D eigenvalue weighted by atomic mass is 10.2. The van der Waals surface area contributed by atoms with Crippen LogP contribution in [0.15, 0.2) is 24.3 Å². The van der Waals surface area contributed by atoms with Gasteiger partial charge in [0.2, 0.25) is 0 Å². The van der Waals surface area contributed by atoms with Gasteiger partial charge in [0.05, 0.1) is 4.92 Å². The Morgan fingerprint density at radius 1 is 1.34 bits per heavy atom. The minimum atomic E-state index is -0.736. The van der Waals surface area contributed by atoms with Crippen molar-refractivity contribution in [3.8, 4) is 0 Å². The molecule has 3 rings (SSSR count). The highest BCUT2D eigenvalue weighted by molar-refractivity contribution is 5.81. The summed E-state index contributed by atoms with van der Waals surface area (Å²) >= 11 is 0. The molecular formula is C19H21FN4O5. The number of hydrogen-bond donors (Lipinski definition) is 0. The van der Waals surface area contributed by atoms with Gasteiger partial charge in [0.15, 0.2) is 6.61 Å². The summed E-state index contributed by atoms with van der Waals surface area (Å²) in [4.78, 5) is 36.6. The van der Waals surface area contributed by atoms with Crippen LogP contribution in [0.3, 0.4) is 0 Å². The van der Waals surface area contributed by atoms with Crippen LogP contribution >= 0.6 is 0 Å². The van der Waals surface area contributed by atoms with Gasteiger partial charge in [-0.05, 0) is 32.8 Å². The van der Waals surface area contributed by atoms with Crippen molar-refractivity contribution < 1.29 is 23.6 Å². The third-order valence-corrected chi connectivity index (χ3v) is 4.77. The van der Waals surface area contributed by atoms with Gasteiger partial charge in [-0.3, -0.25) is 24.4 Å². The summed E-state index contributed by atoms with van der Waals surface area (Å²) in [7, 11) is 0. The van der Waals surface area contributed by atoms with Gasteiger partial charge in [-0.25, -0.2) is 4.39 Å². The first-order valence-corrected chi connectivity index (χ1v) is 9.14. The van der Waals surface area contributed by atoms with Crippen LogP contribution < -0.4 is 0 Å². The molecule has 1 aromatic carbocycles. The molecule has 29 heavy (non-hydrogen) atoms. The molecule has 1 heterocycles. The number of nitro groups is 1. The number of carbonyl (C=O) groups is 2. The Labute approximate surface area is 166 Å². The standard InChI is InChI=1S/C19H21FN4O5/c1-12-19(24(27)28)13(2)23(21-12)10-18(26)29-11-17(25)22(15-7-8-15)9-14-5-3-4-6-16(14)20/h3-6,15H,7-11H2,1-2H3. The van der Waals surface area contributed by atoms with Gasteiger partial charge < -0.3 is 9.64 Å². The fourth-order valence-electron chi connectivity index (χ4n) is 3.12. The summed E-state index contributed by atoms with van der Waals surface area (Å²) in [5, 5.41) is 15.0. The second kappa shape index (κ2) is 8.38. The number of hydrogen-bond acceptors (Lipinski definition) is 6. The minimum Gasteiger partial charge on any atom is -0.454 e. The Balaban J connectivity index is 1.59. The summed E-state index contributed by atoms with van der Waals surface area (Å²) in [6, 6.07) is 6.23. The third kappa shape index (κ3) is 4.76. The van der Waals surface area contributed by atoms with Crippen molar-refractivity contribution in [3.63, 3.8) is 0 Å². The second-order valence-corrected chi connectivity index (χ2v) is 6.94. The van der Waals surface area contributed by atoms with Crippen molar-refractivity contribution in [1.82, 2.24) is 14.7 Å². The van der Waals surface area contributed by atoms with Crippen molar-refractivity contribution >= 4 is 17.6 Å². The number of carbonyl (C=O) groups excluding carboxylic acids is 2. The monoisotopic (exact) mass is 404 g/mol. The average Bonchev–Trinajstić information content (AvgIpc) is 3.45. The molecule has 0 aliphatic heterocycles. The maximum Gasteiger partial charge on any atom is 0.328 e. The third-order valence-electron chi connectivity index (χ3n) is 4.77. The normalized spacial score (nSPS) is 13.2. The highest BCUT2D eigenvalue weighted by Gasteiger charge is 2.33. The summed E-state index contributed by atoms with van der Waals surface area (Å²) in [5.41, 5.74) is 0.670. The number of esters is 1. The van der Waals surface area contributed by atoms with Crippen LogP contribution in [0.25, 0.3) is 0 Å². The fraction of sp³-hybridized carbons (Fsp3) is 0.421. The molecule has 1 aromatic heterocycles. The van der Waals surface area contributed by atoms with Gasteiger partial charge in [-0.15, -0.1) is 0 Å². The van der Waals surface area contributed by atoms with Gasteiger partial charge in [0.25, 0.3) is 5.91 Å². The highest BCUT2D eigenvalue weighted by atomic mass is 19.1. The molecule has 154 valence electrons. The number of rotatable bonds is 8. The number of aromatic nitrogens is 2. The SMILES string of the molecule is Cc1nn(CC(=O)OCC(=O)N(Cc2ccccc2F)C2CC2)c(C)c1[N+](=O)[O-]. The summed E-state index contributed by atoms with van der Waals surface area (Å²) in [6.45, 7) is 2.25. The van der Waals surface area contributed by atoms with Crippen molar-refractivity contribution in [2.24, 2.45) is 0 Å². The Kier molecular flexibility index (Phi) is 5.90. The Morgan fingerprint density at radius 2 is 2.03 bits per heavy atom. The van der Waals surface area contributed by atoms with Gasteiger partial charge >= 0.3 is 11.7 Å². The van der Waals surface area contributed by atoms with Crippen LogP contribution in [0, 0.1) is 29.8 Å². The van der Waals surface area contributed by atoms with E-state index in [4.69, 9.17) is 4.74 Å². The van der Waals surface area contributed by atoms with Crippen LogP contribution in [0.4, 0.5) is 10.1 Å². The van der Waals surface area contributed by atoms with Crippen molar-refractivity contribution in [2.75, 3.05) is 6.61 Å². The van der Waals surface area contributed by atoms with Crippen molar-refractivity contribution in [2.45, 2.75) is 45.8 Å². The molecule has 0 bridgehead atoms. The molecule has 1 aliphatic carbocycles. The maximum atomic E-state index is 13.9. The number of nitrogens with zero attached hydrogens (tertiary/aromatic N) is 4. The summed E-state index contributed by atoms with van der Waals surface area (Å²) in [6.07, 6.45) is 1.65. The average molecular weight is 404 g/mol. The zero-order chi connectivity index (χ0) is 21.1. The second-order valence-electron chi connectivity index (χ2n) is 6.94. The molecule has 0 atom stereocenters. The maximum absolute atomic E-state index is 13.9. The summed E-state index contributed by atoms with van der Waals surface area (Å²) < 4.78 is 20.1. The Hall–Kier alpha value is -3.30. The molecule has 10 heteroatoms. The topological polar surface area (TPSA) is 108 Å². The largest absolute Gasteiger partial charge is 0.454 e. The molecule has 1 fully saturated rings. The predicted octanol–water partition coefficient (Wildman–Crippen LogP) is 2.28. The molecule has 9 nitrogen and oxygen atoms in total. The lowest BCUT2D eigenvalue weighted by Crippen LogP contribution is -2.36. The molecule has 0 N–H and O–H groups in total. The van der Waals surface area contributed by atoms with Gasteiger partial charge in [-0.2, -0.15) is 5.10 Å². The van der Waals surface area contributed by atoms with Crippen molar-refractivity contribution in [3.05, 3.63) is 57.1 Å². The van der Waals surface area contributed by atoms with E-state index in [2.05, 4.69) is 5.10 Å².